The quantitative estimate of drug-likeness (QED) is 0.448. The summed E-state index contributed by atoms with van der Waals surface area (Å²) in [4.78, 5) is 11.9. The minimum atomic E-state index is -1.63. The van der Waals surface area contributed by atoms with Crippen molar-refractivity contribution in [3.05, 3.63) is 46.3 Å². The molecule has 126 valence electrons. The number of allylic oxidation sites excluding steroid dienone is 1. The summed E-state index contributed by atoms with van der Waals surface area (Å²) in [5, 5.41) is -0.984. The summed E-state index contributed by atoms with van der Waals surface area (Å²) in [6.07, 6.45) is 1.04. The van der Waals surface area contributed by atoms with Gasteiger partial charge in [0.25, 0.3) is 0 Å². The van der Waals surface area contributed by atoms with E-state index in [4.69, 9.17) is 16.3 Å². The monoisotopic (exact) mass is 354 g/mol. The fraction of sp³-hybridized carbons (Fsp3) is 0.400. The zero-order chi connectivity index (χ0) is 17.5. The number of halogens is 6. The van der Waals surface area contributed by atoms with Crippen LogP contribution in [0.25, 0.3) is 0 Å². The average Bonchev–Trinajstić information content (AvgIpc) is 2.96. The van der Waals surface area contributed by atoms with Gasteiger partial charge >= 0.3 is 5.97 Å². The lowest BCUT2D eigenvalue weighted by atomic mass is 10.1. The van der Waals surface area contributed by atoms with Gasteiger partial charge in [0.05, 0.1) is 11.5 Å². The van der Waals surface area contributed by atoms with Crippen molar-refractivity contribution in [2.24, 2.45) is 17.3 Å². The minimum Gasteiger partial charge on any atom is -0.460 e. The molecule has 2 rings (SSSR count). The first-order chi connectivity index (χ1) is 10.6. The highest BCUT2D eigenvalue weighted by Crippen LogP contribution is 2.60. The molecule has 0 saturated heterocycles. The van der Waals surface area contributed by atoms with Crippen molar-refractivity contribution >= 4 is 17.6 Å². The van der Waals surface area contributed by atoms with Gasteiger partial charge in [-0.1, -0.05) is 25.4 Å². The third-order valence-electron chi connectivity index (χ3n) is 4.03. The highest BCUT2D eigenvalue weighted by molar-refractivity contribution is 6.28. The molecule has 1 aromatic rings. The first kappa shape index (κ1) is 17.7. The van der Waals surface area contributed by atoms with Gasteiger partial charge in [0.15, 0.2) is 28.6 Å². The lowest BCUT2D eigenvalue weighted by Gasteiger charge is -2.09. The molecule has 1 fully saturated rings. The molecule has 0 aliphatic heterocycles. The standard InChI is InChI=1S/C15H12ClF5O2/c1-15(2)7(3-10(16)19)11(15)14(22)23-5-6-12(20)8(17)4-9(18)13(6)21/h3-4,7,11H,5H2,1-2H3. The van der Waals surface area contributed by atoms with Crippen molar-refractivity contribution in [2.75, 3.05) is 0 Å². The van der Waals surface area contributed by atoms with Crippen LogP contribution in [0.2, 0.25) is 0 Å². The Morgan fingerprint density at radius 1 is 1.26 bits per heavy atom. The molecule has 2 unspecified atom stereocenters. The van der Waals surface area contributed by atoms with Crippen LogP contribution in [0.15, 0.2) is 17.4 Å². The number of hydrogen-bond acceptors (Lipinski definition) is 2. The molecule has 1 aromatic carbocycles. The van der Waals surface area contributed by atoms with E-state index in [1.165, 1.54) is 0 Å². The van der Waals surface area contributed by atoms with Crippen LogP contribution in [0.4, 0.5) is 22.0 Å². The molecule has 0 N–H and O–H groups in total. The summed E-state index contributed by atoms with van der Waals surface area (Å²) < 4.78 is 70.5. The van der Waals surface area contributed by atoms with Gasteiger partial charge in [-0.05, 0) is 11.5 Å². The Labute approximate surface area is 133 Å². The number of carbonyl (C=O) groups excluding carboxylic acids is 1. The van der Waals surface area contributed by atoms with E-state index < -0.39 is 63.9 Å². The van der Waals surface area contributed by atoms with E-state index >= 15 is 0 Å². The van der Waals surface area contributed by atoms with Gasteiger partial charge in [0, 0.05) is 12.0 Å². The van der Waals surface area contributed by atoms with E-state index in [9.17, 15) is 26.7 Å². The van der Waals surface area contributed by atoms with E-state index in [0.29, 0.717) is 0 Å². The molecule has 1 saturated carbocycles. The Bertz CT molecular complexity index is 657. The van der Waals surface area contributed by atoms with Crippen LogP contribution in [0.3, 0.4) is 0 Å². The van der Waals surface area contributed by atoms with Gasteiger partial charge in [0.2, 0.25) is 0 Å². The fourth-order valence-electron chi connectivity index (χ4n) is 2.56. The Hall–Kier alpha value is -1.63. The summed E-state index contributed by atoms with van der Waals surface area (Å²) >= 11 is 5.12. The van der Waals surface area contributed by atoms with Crippen LogP contribution < -0.4 is 0 Å². The summed E-state index contributed by atoms with van der Waals surface area (Å²) in [7, 11) is 0. The van der Waals surface area contributed by atoms with Crippen LogP contribution in [0.1, 0.15) is 19.4 Å². The van der Waals surface area contributed by atoms with Crippen LogP contribution in [0, 0.1) is 40.5 Å². The smallest absolute Gasteiger partial charge is 0.310 e. The van der Waals surface area contributed by atoms with Gasteiger partial charge in [0.1, 0.15) is 6.61 Å². The molecule has 1 aliphatic rings. The number of esters is 1. The summed E-state index contributed by atoms with van der Waals surface area (Å²) in [5.74, 6) is -8.61. The predicted octanol–water partition coefficient (Wildman–Crippen LogP) is 4.61. The van der Waals surface area contributed by atoms with Gasteiger partial charge in [-0.15, -0.1) is 0 Å². The highest BCUT2D eigenvalue weighted by Gasteiger charge is 2.61. The minimum absolute atomic E-state index is 0.0596. The van der Waals surface area contributed by atoms with E-state index in [1.807, 2.05) is 0 Å². The third kappa shape index (κ3) is 3.34. The molecule has 0 radical (unpaired) electrons. The van der Waals surface area contributed by atoms with Crippen LogP contribution in [-0.2, 0) is 16.1 Å². The lowest BCUT2D eigenvalue weighted by Crippen LogP contribution is -2.13. The summed E-state index contributed by atoms with van der Waals surface area (Å²) in [6.45, 7) is 2.34. The van der Waals surface area contributed by atoms with Crippen molar-refractivity contribution in [3.63, 3.8) is 0 Å². The predicted molar refractivity (Wildman–Crippen MR) is 71.9 cm³/mol. The van der Waals surface area contributed by atoms with Gasteiger partial charge in [-0.2, -0.15) is 4.39 Å². The molecule has 23 heavy (non-hydrogen) atoms. The fourth-order valence-corrected chi connectivity index (χ4v) is 2.69. The zero-order valence-electron chi connectivity index (χ0n) is 12.1. The summed E-state index contributed by atoms with van der Waals surface area (Å²) in [5.41, 5.74) is -1.67. The van der Waals surface area contributed by atoms with E-state index in [-0.39, 0.29) is 6.07 Å². The SMILES string of the molecule is CC1(C)C(C=C(F)Cl)C1C(=O)OCc1c(F)c(F)cc(F)c1F. The Morgan fingerprint density at radius 3 is 2.26 bits per heavy atom. The van der Waals surface area contributed by atoms with E-state index in [1.54, 1.807) is 13.8 Å². The Balaban J connectivity index is 2.11. The average molecular weight is 355 g/mol. The number of benzene rings is 1. The van der Waals surface area contributed by atoms with E-state index in [0.717, 1.165) is 6.08 Å². The first-order valence-corrected chi connectivity index (χ1v) is 6.96. The first-order valence-electron chi connectivity index (χ1n) is 6.58. The molecule has 0 aromatic heterocycles. The Kier molecular flexibility index (Phi) is 4.71. The maximum Gasteiger partial charge on any atom is 0.310 e. The highest BCUT2D eigenvalue weighted by atomic mass is 35.5. The second-order valence-corrected chi connectivity index (χ2v) is 6.20. The molecular formula is C15H12ClF5O2. The molecule has 0 amide bonds. The van der Waals surface area contributed by atoms with Crippen molar-refractivity contribution < 1.29 is 31.5 Å². The molecule has 0 bridgehead atoms. The molecule has 8 heteroatoms. The zero-order valence-corrected chi connectivity index (χ0v) is 12.9. The van der Waals surface area contributed by atoms with Gasteiger partial charge in [-0.25, -0.2) is 17.6 Å². The van der Waals surface area contributed by atoms with Gasteiger partial charge in [-0.3, -0.25) is 4.79 Å². The summed E-state index contributed by atoms with van der Waals surface area (Å²) in [6, 6.07) is 0.0596. The van der Waals surface area contributed by atoms with Gasteiger partial charge < -0.3 is 4.74 Å². The van der Waals surface area contributed by atoms with Crippen molar-refractivity contribution in [3.8, 4) is 0 Å². The Morgan fingerprint density at radius 2 is 1.78 bits per heavy atom. The second kappa shape index (κ2) is 6.11. The molecule has 2 atom stereocenters. The maximum atomic E-state index is 13.5. The second-order valence-electron chi connectivity index (χ2n) is 5.84. The molecule has 1 aliphatic carbocycles. The normalized spacial score (nSPS) is 22.9. The number of ether oxygens (including phenoxy) is 1. The van der Waals surface area contributed by atoms with E-state index in [2.05, 4.69) is 0 Å². The molecular weight excluding hydrogens is 343 g/mol. The number of carbonyl (C=O) groups is 1. The van der Waals surface area contributed by atoms with Crippen molar-refractivity contribution in [2.45, 2.75) is 20.5 Å². The largest absolute Gasteiger partial charge is 0.460 e. The lowest BCUT2D eigenvalue weighted by molar-refractivity contribution is -0.147. The molecule has 0 heterocycles. The van der Waals surface area contributed by atoms with Crippen LogP contribution in [-0.4, -0.2) is 5.97 Å². The van der Waals surface area contributed by atoms with Crippen molar-refractivity contribution in [1.82, 2.24) is 0 Å². The van der Waals surface area contributed by atoms with Crippen LogP contribution in [0.5, 0.6) is 0 Å². The number of rotatable bonds is 4. The molecule has 2 nitrogen and oxygen atoms in total. The molecule has 0 spiro atoms. The third-order valence-corrected chi connectivity index (χ3v) is 4.16. The topological polar surface area (TPSA) is 26.3 Å². The maximum absolute atomic E-state index is 13.5. The van der Waals surface area contributed by atoms with Crippen LogP contribution >= 0.6 is 11.6 Å². The number of hydrogen-bond donors (Lipinski definition) is 0. The van der Waals surface area contributed by atoms with Crippen molar-refractivity contribution in [1.29, 1.82) is 0 Å².